The Kier molecular flexibility index (Phi) is 6.77. The third-order valence-electron chi connectivity index (χ3n) is 2.95. The van der Waals surface area contributed by atoms with Gasteiger partial charge in [-0.2, -0.15) is 0 Å². The van der Waals surface area contributed by atoms with Crippen LogP contribution in [0.3, 0.4) is 0 Å². The normalized spacial score (nSPS) is 11.9. The minimum absolute atomic E-state index is 0.000932. The van der Waals surface area contributed by atoms with Gasteiger partial charge >= 0.3 is 11.9 Å². The first-order chi connectivity index (χ1) is 8.59. The molecule has 0 heterocycles. The van der Waals surface area contributed by atoms with E-state index < -0.39 is 17.4 Å². The van der Waals surface area contributed by atoms with Gasteiger partial charge in [-0.1, -0.05) is 43.3 Å². The van der Waals surface area contributed by atoms with E-state index in [2.05, 4.69) is 43.3 Å². The van der Waals surface area contributed by atoms with E-state index in [4.69, 9.17) is 9.47 Å². The summed E-state index contributed by atoms with van der Waals surface area (Å²) in [5, 5.41) is 0. The lowest BCUT2D eigenvalue weighted by Gasteiger charge is -2.30. The quantitative estimate of drug-likeness (QED) is 0.551. The Morgan fingerprint density at radius 3 is 1.74 bits per heavy atom. The molecule has 0 saturated heterocycles. The SMILES string of the molecule is C=C(Br)CC(CCC(C)(C)C)(C(=O)OC)C(=O)OC. The van der Waals surface area contributed by atoms with E-state index >= 15 is 0 Å². The molecular weight excluding hydrogens is 312 g/mol. The van der Waals surface area contributed by atoms with Crippen LogP contribution in [0, 0.1) is 10.8 Å². The molecule has 0 aliphatic carbocycles. The monoisotopic (exact) mass is 334 g/mol. The van der Waals surface area contributed by atoms with Gasteiger partial charge in [-0.15, -0.1) is 0 Å². The molecule has 5 heteroatoms. The lowest BCUT2D eigenvalue weighted by molar-refractivity contribution is -0.170. The Labute approximate surface area is 123 Å². The lowest BCUT2D eigenvalue weighted by atomic mass is 9.75. The van der Waals surface area contributed by atoms with Crippen LogP contribution < -0.4 is 0 Å². The molecule has 0 aliphatic heterocycles. The van der Waals surface area contributed by atoms with Crippen molar-refractivity contribution in [2.45, 2.75) is 40.0 Å². The van der Waals surface area contributed by atoms with Gasteiger partial charge in [-0.3, -0.25) is 9.59 Å². The molecule has 0 aromatic heterocycles. The third-order valence-corrected chi connectivity index (χ3v) is 3.23. The minimum Gasteiger partial charge on any atom is -0.468 e. The highest BCUT2D eigenvalue weighted by molar-refractivity contribution is 9.11. The van der Waals surface area contributed by atoms with Gasteiger partial charge in [0.05, 0.1) is 14.2 Å². The Morgan fingerprint density at radius 1 is 1.05 bits per heavy atom. The van der Waals surface area contributed by atoms with Gasteiger partial charge in [0.1, 0.15) is 0 Å². The van der Waals surface area contributed by atoms with Gasteiger partial charge in [0.2, 0.25) is 0 Å². The van der Waals surface area contributed by atoms with Crippen LogP contribution in [0.1, 0.15) is 40.0 Å². The summed E-state index contributed by atoms with van der Waals surface area (Å²) in [7, 11) is 2.54. The number of hydrogen-bond acceptors (Lipinski definition) is 4. The maximum Gasteiger partial charge on any atom is 0.323 e. The lowest BCUT2D eigenvalue weighted by Crippen LogP contribution is -2.42. The van der Waals surface area contributed by atoms with Crippen molar-refractivity contribution in [3.8, 4) is 0 Å². The third kappa shape index (κ3) is 5.35. The van der Waals surface area contributed by atoms with Crippen molar-refractivity contribution in [2.24, 2.45) is 10.8 Å². The summed E-state index contributed by atoms with van der Waals surface area (Å²) in [5.41, 5.74) is -1.32. The highest BCUT2D eigenvalue weighted by atomic mass is 79.9. The minimum atomic E-state index is -1.32. The summed E-state index contributed by atoms with van der Waals surface area (Å²) in [4.78, 5) is 24.2. The summed E-state index contributed by atoms with van der Waals surface area (Å²) in [6.45, 7) is 9.87. The highest BCUT2D eigenvalue weighted by Gasteiger charge is 2.48. The topological polar surface area (TPSA) is 52.6 Å². The smallest absolute Gasteiger partial charge is 0.323 e. The average Bonchev–Trinajstić information content (AvgIpc) is 2.30. The molecule has 0 fully saturated rings. The zero-order valence-corrected chi connectivity index (χ0v) is 13.9. The first-order valence-electron chi connectivity index (χ1n) is 6.09. The van der Waals surface area contributed by atoms with Crippen LogP contribution in [0.2, 0.25) is 0 Å². The Morgan fingerprint density at radius 2 is 1.47 bits per heavy atom. The molecule has 0 aromatic rings. The zero-order chi connectivity index (χ0) is 15.3. The van der Waals surface area contributed by atoms with Crippen LogP contribution in [0.5, 0.6) is 0 Å². The maximum atomic E-state index is 12.1. The summed E-state index contributed by atoms with van der Waals surface area (Å²) >= 11 is 3.22. The van der Waals surface area contributed by atoms with Crippen LogP contribution in [-0.4, -0.2) is 26.2 Å². The second-order valence-electron chi connectivity index (χ2n) is 5.82. The molecule has 0 bridgehead atoms. The number of allylic oxidation sites excluding steroid dienone is 1. The Bertz CT molecular complexity index is 339. The second kappa shape index (κ2) is 7.08. The van der Waals surface area contributed by atoms with E-state index in [1.165, 1.54) is 14.2 Å². The number of ether oxygens (including phenoxy) is 2. The number of carbonyl (C=O) groups excluding carboxylic acids is 2. The van der Waals surface area contributed by atoms with Crippen molar-refractivity contribution >= 4 is 27.9 Å². The molecule has 0 radical (unpaired) electrons. The van der Waals surface area contributed by atoms with Gasteiger partial charge in [-0.25, -0.2) is 0 Å². The van der Waals surface area contributed by atoms with Crippen molar-refractivity contribution in [2.75, 3.05) is 14.2 Å². The van der Waals surface area contributed by atoms with Gasteiger partial charge < -0.3 is 9.47 Å². The van der Waals surface area contributed by atoms with E-state index in [1.807, 2.05) is 0 Å². The Balaban J connectivity index is 5.42. The molecule has 0 aromatic carbocycles. The summed E-state index contributed by atoms with van der Waals surface area (Å²) in [5.74, 6) is -1.16. The van der Waals surface area contributed by atoms with Crippen LogP contribution in [-0.2, 0) is 19.1 Å². The molecule has 0 aliphatic rings. The average molecular weight is 335 g/mol. The van der Waals surface area contributed by atoms with Gasteiger partial charge in [0.25, 0.3) is 0 Å². The fourth-order valence-corrected chi connectivity index (χ4v) is 2.31. The molecule has 0 saturated carbocycles. The number of methoxy groups -OCH3 is 2. The van der Waals surface area contributed by atoms with Crippen molar-refractivity contribution < 1.29 is 19.1 Å². The van der Waals surface area contributed by atoms with Crippen molar-refractivity contribution in [3.05, 3.63) is 11.1 Å². The zero-order valence-electron chi connectivity index (χ0n) is 12.3. The fourth-order valence-electron chi connectivity index (χ4n) is 1.83. The van der Waals surface area contributed by atoms with Crippen LogP contribution in [0.15, 0.2) is 11.1 Å². The van der Waals surface area contributed by atoms with Gasteiger partial charge in [-0.05, 0) is 22.7 Å². The molecule has 0 atom stereocenters. The van der Waals surface area contributed by atoms with Crippen molar-refractivity contribution in [3.63, 3.8) is 0 Å². The molecular formula is C14H23BrO4. The number of esters is 2. The van der Waals surface area contributed by atoms with Crippen LogP contribution in [0.4, 0.5) is 0 Å². The molecule has 0 amide bonds. The first kappa shape index (κ1) is 18.2. The van der Waals surface area contributed by atoms with Crippen molar-refractivity contribution in [1.82, 2.24) is 0 Å². The Hall–Kier alpha value is -0.840. The molecule has 4 nitrogen and oxygen atoms in total. The number of carbonyl (C=O) groups is 2. The summed E-state index contributed by atoms with van der Waals surface area (Å²) < 4.78 is 10.2. The van der Waals surface area contributed by atoms with E-state index in [1.54, 1.807) is 0 Å². The first-order valence-corrected chi connectivity index (χ1v) is 6.88. The van der Waals surface area contributed by atoms with Crippen LogP contribution >= 0.6 is 15.9 Å². The highest BCUT2D eigenvalue weighted by Crippen LogP contribution is 2.39. The molecule has 0 unspecified atom stereocenters. The molecule has 19 heavy (non-hydrogen) atoms. The molecule has 0 spiro atoms. The molecule has 0 N–H and O–H groups in total. The van der Waals surface area contributed by atoms with E-state index in [9.17, 15) is 9.59 Å². The molecule has 110 valence electrons. The van der Waals surface area contributed by atoms with E-state index in [0.717, 1.165) is 0 Å². The number of halogens is 1. The summed E-state index contributed by atoms with van der Waals surface area (Å²) in [6, 6.07) is 0. The van der Waals surface area contributed by atoms with Gasteiger partial charge in [0.15, 0.2) is 5.41 Å². The standard InChI is InChI=1S/C14H23BrO4/c1-10(15)9-14(11(16)18-5,12(17)19-6)8-7-13(2,3)4/h1,7-9H2,2-6H3. The summed E-state index contributed by atoms with van der Waals surface area (Å²) in [6.07, 6.45) is 1.22. The fraction of sp³-hybridized carbons (Fsp3) is 0.714. The maximum absolute atomic E-state index is 12.1. The predicted molar refractivity (Wildman–Crippen MR) is 77.8 cm³/mol. The van der Waals surface area contributed by atoms with Crippen LogP contribution in [0.25, 0.3) is 0 Å². The van der Waals surface area contributed by atoms with Gasteiger partial charge in [0, 0.05) is 6.42 Å². The van der Waals surface area contributed by atoms with Crippen molar-refractivity contribution in [1.29, 1.82) is 0 Å². The van der Waals surface area contributed by atoms with E-state index in [0.29, 0.717) is 17.3 Å². The largest absolute Gasteiger partial charge is 0.468 e. The predicted octanol–water partition coefficient (Wildman–Crippen LogP) is 3.44. The van der Waals surface area contributed by atoms with E-state index in [-0.39, 0.29) is 11.8 Å². The number of rotatable bonds is 6. The molecule has 0 rings (SSSR count). The second-order valence-corrected chi connectivity index (χ2v) is 6.94. The number of hydrogen-bond donors (Lipinski definition) is 0.